The van der Waals surface area contributed by atoms with Crippen molar-refractivity contribution in [3.63, 3.8) is 0 Å². The quantitative estimate of drug-likeness (QED) is 0.452. The smallest absolute Gasteiger partial charge is 0.408 e. The van der Waals surface area contributed by atoms with Gasteiger partial charge in [-0.25, -0.2) is 31.9 Å². The van der Waals surface area contributed by atoms with E-state index in [2.05, 4.69) is 31.2 Å². The summed E-state index contributed by atoms with van der Waals surface area (Å²) in [5, 5.41) is 13.0. The van der Waals surface area contributed by atoms with Gasteiger partial charge in [-0.1, -0.05) is 17.7 Å². The first-order valence-corrected chi connectivity index (χ1v) is 13.8. The SMILES string of the molecule is Cc1ccc(S(=O)(=O)n2cc(Br)c3c(N4CCC(NC(=O)OC(C)(C)C)(C(=O)O)CC4)ncnc32)cc1. The standard InChI is InChI=1S/C24H28BrN5O6S/c1-15-5-7-16(8-6-15)37(34,35)30-13-17(25)18-19(26-14-27-20(18)30)29-11-9-24(10-12-29,21(31)32)28-22(33)36-23(2,3)4/h5-8,13-14H,9-12H2,1-4H3,(H,28,33)(H,31,32). The maximum absolute atomic E-state index is 13.4. The molecule has 3 aromatic rings. The second-order valence-corrected chi connectivity index (χ2v) is 12.7. The van der Waals surface area contributed by atoms with Gasteiger partial charge in [0.05, 0.1) is 10.3 Å². The van der Waals surface area contributed by atoms with E-state index in [-0.39, 0.29) is 36.5 Å². The lowest BCUT2D eigenvalue weighted by atomic mass is 9.87. The fourth-order valence-corrected chi connectivity index (χ4v) is 6.23. The van der Waals surface area contributed by atoms with Crippen LogP contribution in [0.15, 0.2) is 46.2 Å². The van der Waals surface area contributed by atoms with Crippen LogP contribution in [0.4, 0.5) is 10.6 Å². The summed E-state index contributed by atoms with van der Waals surface area (Å²) < 4.78 is 33.6. The number of aryl methyl sites for hydroxylation is 1. The number of alkyl carbamates (subject to hydrolysis) is 1. The second-order valence-electron chi connectivity index (χ2n) is 9.99. The molecular formula is C24H28BrN5O6S. The van der Waals surface area contributed by atoms with Crippen molar-refractivity contribution < 1.29 is 27.9 Å². The summed E-state index contributed by atoms with van der Waals surface area (Å²) in [6.45, 7) is 7.47. The summed E-state index contributed by atoms with van der Waals surface area (Å²) in [7, 11) is -3.93. The third kappa shape index (κ3) is 5.28. The van der Waals surface area contributed by atoms with E-state index >= 15 is 0 Å². The van der Waals surface area contributed by atoms with Crippen LogP contribution in [-0.2, 0) is 19.6 Å². The molecule has 0 spiro atoms. The number of fused-ring (bicyclic) bond motifs is 1. The van der Waals surface area contributed by atoms with Crippen LogP contribution < -0.4 is 10.2 Å². The number of carbonyl (C=O) groups excluding carboxylic acids is 1. The van der Waals surface area contributed by atoms with Gasteiger partial charge >= 0.3 is 12.1 Å². The molecule has 2 aromatic heterocycles. The monoisotopic (exact) mass is 593 g/mol. The summed E-state index contributed by atoms with van der Waals surface area (Å²) >= 11 is 3.46. The number of benzene rings is 1. The predicted octanol–water partition coefficient (Wildman–Crippen LogP) is 3.69. The molecule has 198 valence electrons. The van der Waals surface area contributed by atoms with Gasteiger partial charge in [-0.15, -0.1) is 0 Å². The molecule has 0 radical (unpaired) electrons. The first kappa shape index (κ1) is 26.9. The van der Waals surface area contributed by atoms with Crippen LogP contribution in [0.25, 0.3) is 11.0 Å². The Labute approximate surface area is 223 Å². The lowest BCUT2D eigenvalue weighted by molar-refractivity contribution is -0.145. The first-order chi connectivity index (χ1) is 17.2. The minimum absolute atomic E-state index is 0.0903. The van der Waals surface area contributed by atoms with Crippen molar-refractivity contribution in [1.29, 1.82) is 0 Å². The Kier molecular flexibility index (Phi) is 6.97. The summed E-state index contributed by atoms with van der Waals surface area (Å²) in [4.78, 5) is 35.1. The topological polar surface area (TPSA) is 144 Å². The van der Waals surface area contributed by atoms with Gasteiger partial charge in [-0.2, -0.15) is 0 Å². The Hall–Kier alpha value is -3.19. The van der Waals surface area contributed by atoms with Crippen molar-refractivity contribution in [3.8, 4) is 0 Å². The van der Waals surface area contributed by atoms with E-state index in [4.69, 9.17) is 4.74 Å². The highest BCUT2D eigenvalue weighted by Gasteiger charge is 2.44. The average Bonchev–Trinajstić information content (AvgIpc) is 3.16. The van der Waals surface area contributed by atoms with Gasteiger partial charge < -0.3 is 20.1 Å². The maximum Gasteiger partial charge on any atom is 0.408 e. The van der Waals surface area contributed by atoms with Crippen molar-refractivity contribution in [3.05, 3.63) is 46.8 Å². The van der Waals surface area contributed by atoms with Gasteiger partial charge in [0.2, 0.25) is 0 Å². The van der Waals surface area contributed by atoms with E-state index in [1.54, 1.807) is 45.0 Å². The first-order valence-electron chi connectivity index (χ1n) is 11.6. The molecule has 1 fully saturated rings. The van der Waals surface area contributed by atoms with Gasteiger partial charge in [-0.3, -0.25) is 0 Å². The van der Waals surface area contributed by atoms with Crippen LogP contribution in [0.2, 0.25) is 0 Å². The third-order valence-electron chi connectivity index (χ3n) is 6.13. The lowest BCUT2D eigenvalue weighted by Crippen LogP contribution is -2.60. The molecule has 0 atom stereocenters. The third-order valence-corrected chi connectivity index (χ3v) is 8.39. The maximum atomic E-state index is 13.4. The number of ether oxygens (including phenoxy) is 1. The zero-order valence-electron chi connectivity index (χ0n) is 20.9. The molecule has 1 saturated heterocycles. The van der Waals surface area contributed by atoms with Crippen LogP contribution >= 0.6 is 15.9 Å². The van der Waals surface area contributed by atoms with Gasteiger partial charge in [0, 0.05) is 23.8 Å². The number of aliphatic carboxylic acids is 1. The largest absolute Gasteiger partial charge is 0.480 e. The lowest BCUT2D eigenvalue weighted by Gasteiger charge is -2.40. The van der Waals surface area contributed by atoms with Crippen LogP contribution in [0, 0.1) is 6.92 Å². The van der Waals surface area contributed by atoms with E-state index in [1.165, 1.54) is 12.5 Å². The Morgan fingerprint density at radius 3 is 2.32 bits per heavy atom. The average molecular weight is 594 g/mol. The number of nitrogens with zero attached hydrogens (tertiary/aromatic N) is 4. The molecule has 1 aliphatic rings. The van der Waals surface area contributed by atoms with Gasteiger partial charge in [0.1, 0.15) is 23.3 Å². The Balaban J connectivity index is 1.64. The van der Waals surface area contributed by atoms with Crippen LogP contribution in [0.5, 0.6) is 0 Å². The van der Waals surface area contributed by atoms with Gasteiger partial charge in [0.25, 0.3) is 10.0 Å². The normalized spacial score (nSPS) is 16.0. The number of carboxylic acids is 1. The van der Waals surface area contributed by atoms with Crippen molar-refractivity contribution in [1.82, 2.24) is 19.3 Å². The number of halogens is 1. The highest BCUT2D eigenvalue weighted by atomic mass is 79.9. The molecule has 3 heterocycles. The molecule has 1 aromatic carbocycles. The molecule has 37 heavy (non-hydrogen) atoms. The summed E-state index contributed by atoms with van der Waals surface area (Å²) in [6.07, 6.45) is 2.10. The van der Waals surface area contributed by atoms with E-state index in [9.17, 15) is 23.1 Å². The summed E-state index contributed by atoms with van der Waals surface area (Å²) in [6, 6.07) is 6.53. The van der Waals surface area contributed by atoms with E-state index < -0.39 is 33.2 Å². The zero-order chi connectivity index (χ0) is 27.2. The number of rotatable bonds is 5. The van der Waals surface area contributed by atoms with Crippen molar-refractivity contribution in [2.24, 2.45) is 0 Å². The Morgan fingerprint density at radius 2 is 1.76 bits per heavy atom. The number of carbonyl (C=O) groups is 2. The number of carboxylic acid groups (broad SMARTS) is 1. The van der Waals surface area contributed by atoms with Crippen molar-refractivity contribution in [2.75, 3.05) is 18.0 Å². The van der Waals surface area contributed by atoms with E-state index in [0.717, 1.165) is 9.54 Å². The molecule has 0 saturated carbocycles. The van der Waals surface area contributed by atoms with Gasteiger partial charge in [-0.05, 0) is 68.6 Å². The molecule has 1 aliphatic heterocycles. The molecule has 0 aliphatic carbocycles. The molecule has 0 bridgehead atoms. The predicted molar refractivity (Wildman–Crippen MR) is 140 cm³/mol. The van der Waals surface area contributed by atoms with Gasteiger partial charge in [0.15, 0.2) is 5.65 Å². The summed E-state index contributed by atoms with van der Waals surface area (Å²) in [5.41, 5.74) is -1.14. The summed E-state index contributed by atoms with van der Waals surface area (Å²) in [5.74, 6) is -0.687. The second kappa shape index (κ2) is 9.60. The Morgan fingerprint density at radius 1 is 1.14 bits per heavy atom. The van der Waals surface area contributed by atoms with Crippen LogP contribution in [-0.4, -0.2) is 63.8 Å². The number of piperidine rings is 1. The molecule has 11 nitrogen and oxygen atoms in total. The molecular weight excluding hydrogens is 566 g/mol. The molecule has 1 amide bonds. The van der Waals surface area contributed by atoms with E-state index in [0.29, 0.717) is 15.7 Å². The fourth-order valence-electron chi connectivity index (χ4n) is 4.22. The number of amides is 1. The molecule has 2 N–H and O–H groups in total. The molecule has 4 rings (SSSR count). The number of nitrogens with one attached hydrogen (secondary N) is 1. The van der Waals surface area contributed by atoms with Crippen molar-refractivity contribution >= 4 is 54.9 Å². The number of anilines is 1. The number of hydrogen-bond acceptors (Lipinski definition) is 8. The molecule has 0 unspecified atom stereocenters. The van der Waals surface area contributed by atoms with Crippen molar-refractivity contribution in [2.45, 2.75) is 56.6 Å². The minimum atomic E-state index is -3.93. The highest BCUT2D eigenvalue weighted by Crippen LogP contribution is 2.36. The zero-order valence-corrected chi connectivity index (χ0v) is 23.3. The fraction of sp³-hybridized carbons (Fsp3) is 0.417. The highest BCUT2D eigenvalue weighted by molar-refractivity contribution is 9.10. The van der Waals surface area contributed by atoms with Crippen LogP contribution in [0.1, 0.15) is 39.2 Å². The minimum Gasteiger partial charge on any atom is -0.480 e. The van der Waals surface area contributed by atoms with E-state index in [1.807, 2.05) is 11.8 Å². The molecule has 13 heteroatoms. The van der Waals surface area contributed by atoms with Crippen LogP contribution in [0.3, 0.4) is 0 Å². The number of aromatic nitrogens is 3. The Bertz CT molecular complexity index is 1460. The number of hydrogen-bond donors (Lipinski definition) is 2.